The van der Waals surface area contributed by atoms with Crippen molar-refractivity contribution in [3.05, 3.63) is 12.7 Å². The number of hydrogen-bond acceptors (Lipinski definition) is 2. The smallest absolute Gasteiger partial charge is 0.305 e. The van der Waals surface area contributed by atoms with Gasteiger partial charge in [0.25, 0.3) is 0 Å². The molecule has 11 heavy (non-hydrogen) atoms. The molecule has 0 aliphatic heterocycles. The normalized spacial score (nSPS) is 8.09. The molecule has 2 heteroatoms. The van der Waals surface area contributed by atoms with Crippen molar-refractivity contribution in [1.82, 2.24) is 0 Å². The Labute approximate surface area is 69.3 Å². The van der Waals surface area contributed by atoms with Gasteiger partial charge in [0, 0.05) is 6.42 Å². The molecule has 0 aromatic carbocycles. The summed E-state index contributed by atoms with van der Waals surface area (Å²) in [5.74, 6) is -0.125. The SMILES string of the molecule is C=CC.CCC(=O)OC(C)C. The number of carbonyl (C=O) groups excluding carboxylic acids is 1. The molecule has 0 saturated heterocycles. The molecule has 0 aromatic rings. The molecule has 0 N–H and O–H groups in total. The molecule has 0 fully saturated rings. The van der Waals surface area contributed by atoms with Gasteiger partial charge in [0.2, 0.25) is 0 Å². The molecule has 0 atom stereocenters. The second-order valence-electron chi connectivity index (χ2n) is 2.30. The number of ether oxygens (including phenoxy) is 1. The van der Waals surface area contributed by atoms with Gasteiger partial charge in [0.05, 0.1) is 6.10 Å². The minimum Gasteiger partial charge on any atom is -0.463 e. The highest BCUT2D eigenvalue weighted by Gasteiger charge is 1.98. The van der Waals surface area contributed by atoms with Gasteiger partial charge in [-0.1, -0.05) is 13.0 Å². The van der Waals surface area contributed by atoms with E-state index in [2.05, 4.69) is 6.58 Å². The molecule has 0 saturated carbocycles. The third-order valence-corrected chi connectivity index (χ3v) is 0.656. The third kappa shape index (κ3) is 17.6. The van der Waals surface area contributed by atoms with Gasteiger partial charge in [-0.15, -0.1) is 6.58 Å². The lowest BCUT2D eigenvalue weighted by Crippen LogP contribution is -2.09. The second-order valence-corrected chi connectivity index (χ2v) is 2.30. The summed E-state index contributed by atoms with van der Waals surface area (Å²) in [5, 5.41) is 0. The zero-order chi connectivity index (χ0) is 9.28. The first kappa shape index (κ1) is 12.8. The minimum absolute atomic E-state index is 0.0300. The van der Waals surface area contributed by atoms with Crippen LogP contribution in [0.2, 0.25) is 0 Å². The van der Waals surface area contributed by atoms with Crippen LogP contribution in [0.4, 0.5) is 0 Å². The van der Waals surface area contributed by atoms with Crippen LogP contribution >= 0.6 is 0 Å². The first-order valence-corrected chi connectivity index (χ1v) is 3.84. The van der Waals surface area contributed by atoms with Crippen molar-refractivity contribution in [1.29, 1.82) is 0 Å². The molecule has 0 aromatic heterocycles. The third-order valence-electron chi connectivity index (χ3n) is 0.656. The summed E-state index contributed by atoms with van der Waals surface area (Å²) in [6, 6.07) is 0. The maximum Gasteiger partial charge on any atom is 0.305 e. The van der Waals surface area contributed by atoms with Gasteiger partial charge in [0.1, 0.15) is 0 Å². The zero-order valence-corrected chi connectivity index (χ0v) is 7.89. The van der Waals surface area contributed by atoms with Gasteiger partial charge in [-0.2, -0.15) is 0 Å². The number of hydrogen-bond donors (Lipinski definition) is 0. The highest BCUT2D eigenvalue weighted by molar-refractivity contribution is 5.68. The van der Waals surface area contributed by atoms with Crippen molar-refractivity contribution >= 4 is 5.97 Å². The predicted octanol–water partition coefficient (Wildman–Crippen LogP) is 2.54. The van der Waals surface area contributed by atoms with Crippen LogP contribution in [0.15, 0.2) is 12.7 Å². The zero-order valence-electron chi connectivity index (χ0n) is 7.89. The van der Waals surface area contributed by atoms with E-state index in [4.69, 9.17) is 4.74 Å². The Bertz CT molecular complexity index is 106. The summed E-state index contributed by atoms with van der Waals surface area (Å²) in [7, 11) is 0. The summed E-state index contributed by atoms with van der Waals surface area (Å²) in [6.07, 6.45) is 2.25. The van der Waals surface area contributed by atoms with Crippen molar-refractivity contribution in [3.8, 4) is 0 Å². The van der Waals surface area contributed by atoms with Crippen LogP contribution in [-0.2, 0) is 9.53 Å². The molecule has 0 amide bonds. The number of rotatable bonds is 2. The molecule has 0 spiro atoms. The van der Waals surface area contributed by atoms with E-state index >= 15 is 0 Å². The van der Waals surface area contributed by atoms with E-state index < -0.39 is 0 Å². The lowest BCUT2D eigenvalue weighted by atomic mass is 10.4. The summed E-state index contributed by atoms with van der Waals surface area (Å²) in [6.45, 7) is 10.7. The summed E-state index contributed by atoms with van der Waals surface area (Å²) >= 11 is 0. The molecule has 2 nitrogen and oxygen atoms in total. The molecule has 0 heterocycles. The maximum absolute atomic E-state index is 10.4. The Morgan fingerprint density at radius 1 is 1.64 bits per heavy atom. The lowest BCUT2D eigenvalue weighted by molar-refractivity contribution is -0.146. The highest BCUT2D eigenvalue weighted by atomic mass is 16.5. The monoisotopic (exact) mass is 158 g/mol. The molecular formula is C9H18O2. The van der Waals surface area contributed by atoms with Crippen molar-refractivity contribution in [3.63, 3.8) is 0 Å². The van der Waals surface area contributed by atoms with Gasteiger partial charge in [-0.3, -0.25) is 4.79 Å². The Morgan fingerprint density at radius 3 is 2.09 bits per heavy atom. The van der Waals surface area contributed by atoms with E-state index in [0.717, 1.165) is 0 Å². The van der Waals surface area contributed by atoms with Crippen LogP contribution in [0.5, 0.6) is 0 Å². The van der Waals surface area contributed by atoms with E-state index in [9.17, 15) is 4.79 Å². The van der Waals surface area contributed by atoms with Gasteiger partial charge in [-0.05, 0) is 20.8 Å². The fourth-order valence-electron chi connectivity index (χ4n) is 0.346. The van der Waals surface area contributed by atoms with E-state index in [0.29, 0.717) is 6.42 Å². The molecule has 0 aliphatic carbocycles. The Hall–Kier alpha value is -0.790. The van der Waals surface area contributed by atoms with Crippen molar-refractivity contribution < 1.29 is 9.53 Å². The van der Waals surface area contributed by atoms with Gasteiger partial charge >= 0.3 is 5.97 Å². The summed E-state index contributed by atoms with van der Waals surface area (Å²) in [4.78, 5) is 10.4. The molecule has 0 aliphatic rings. The molecule has 0 unspecified atom stereocenters. The van der Waals surface area contributed by atoms with Gasteiger partial charge < -0.3 is 4.74 Å². The maximum atomic E-state index is 10.4. The Morgan fingerprint density at radius 2 is 2.00 bits per heavy atom. The van der Waals surface area contributed by atoms with Crippen LogP contribution < -0.4 is 0 Å². The predicted molar refractivity (Wildman–Crippen MR) is 47.4 cm³/mol. The van der Waals surface area contributed by atoms with Gasteiger partial charge in [-0.25, -0.2) is 0 Å². The largest absolute Gasteiger partial charge is 0.463 e. The molecular weight excluding hydrogens is 140 g/mol. The van der Waals surface area contributed by atoms with Crippen molar-refractivity contribution in [2.75, 3.05) is 0 Å². The highest BCUT2D eigenvalue weighted by Crippen LogP contribution is 1.90. The van der Waals surface area contributed by atoms with Crippen LogP contribution in [0.3, 0.4) is 0 Å². The molecule has 0 rings (SSSR count). The average Bonchev–Trinajstić information content (AvgIpc) is 1.88. The van der Waals surface area contributed by atoms with Crippen LogP contribution in [-0.4, -0.2) is 12.1 Å². The number of esters is 1. The van der Waals surface area contributed by atoms with Crippen LogP contribution in [0.1, 0.15) is 34.1 Å². The topological polar surface area (TPSA) is 26.3 Å². The van der Waals surface area contributed by atoms with E-state index in [-0.39, 0.29) is 12.1 Å². The first-order chi connectivity index (χ1) is 5.08. The standard InChI is InChI=1S/C6H12O2.C3H6/c1-4-6(7)8-5(2)3;1-3-2/h5H,4H2,1-3H3;3H,1H2,2H3. The van der Waals surface area contributed by atoms with E-state index in [1.165, 1.54) is 0 Å². The number of allylic oxidation sites excluding steroid dienone is 1. The molecule has 0 radical (unpaired) electrons. The number of carbonyl (C=O) groups is 1. The van der Waals surface area contributed by atoms with E-state index in [1.54, 1.807) is 13.0 Å². The molecule has 0 bridgehead atoms. The first-order valence-electron chi connectivity index (χ1n) is 3.84. The summed E-state index contributed by atoms with van der Waals surface area (Å²) < 4.78 is 4.76. The van der Waals surface area contributed by atoms with Crippen LogP contribution in [0.25, 0.3) is 0 Å². The summed E-state index contributed by atoms with van der Waals surface area (Å²) in [5.41, 5.74) is 0. The van der Waals surface area contributed by atoms with Crippen LogP contribution in [0, 0.1) is 0 Å². The second kappa shape index (κ2) is 9.21. The Kier molecular flexibility index (Phi) is 10.8. The fraction of sp³-hybridized carbons (Fsp3) is 0.667. The minimum atomic E-state index is -0.125. The lowest BCUT2D eigenvalue weighted by Gasteiger charge is -2.04. The van der Waals surface area contributed by atoms with Gasteiger partial charge in [0.15, 0.2) is 0 Å². The molecule has 66 valence electrons. The van der Waals surface area contributed by atoms with Crippen molar-refractivity contribution in [2.45, 2.75) is 40.2 Å². The van der Waals surface area contributed by atoms with E-state index in [1.807, 2.05) is 20.8 Å². The average molecular weight is 158 g/mol. The fourth-order valence-corrected chi connectivity index (χ4v) is 0.346. The van der Waals surface area contributed by atoms with Crippen molar-refractivity contribution in [2.24, 2.45) is 0 Å². The Balaban J connectivity index is 0. The quantitative estimate of drug-likeness (QED) is 0.456.